The van der Waals surface area contributed by atoms with E-state index >= 15 is 0 Å². The Hall–Kier alpha value is -1.84. The van der Waals surface area contributed by atoms with Gasteiger partial charge in [-0.05, 0) is 43.5 Å². The van der Waals surface area contributed by atoms with Gasteiger partial charge in [0, 0.05) is 18.5 Å². The van der Waals surface area contributed by atoms with E-state index in [0.717, 1.165) is 12.8 Å². The molecule has 1 rings (SSSR count). The lowest BCUT2D eigenvalue weighted by Crippen LogP contribution is -2.25. The lowest BCUT2D eigenvalue weighted by Gasteiger charge is -2.07. The van der Waals surface area contributed by atoms with Gasteiger partial charge in [-0.1, -0.05) is 0 Å². The summed E-state index contributed by atoms with van der Waals surface area (Å²) < 4.78 is 22.6. The van der Waals surface area contributed by atoms with Gasteiger partial charge in [0.15, 0.2) is 0 Å². The van der Waals surface area contributed by atoms with Crippen LogP contribution in [0.15, 0.2) is 23.1 Å². The van der Waals surface area contributed by atoms with E-state index < -0.39 is 10.0 Å². The zero-order valence-corrected chi connectivity index (χ0v) is 12.2. The molecule has 0 spiro atoms. The summed E-state index contributed by atoms with van der Waals surface area (Å²) in [4.78, 5) is 11.9. The maximum atomic E-state index is 11.9. The number of sulfonamides is 1. The topological polar surface area (TPSA) is 89.3 Å². The highest BCUT2D eigenvalue weighted by molar-refractivity contribution is 7.89. The van der Waals surface area contributed by atoms with E-state index in [0.29, 0.717) is 18.5 Å². The molecular weight excluding hydrogens is 276 g/mol. The standard InChI is InChI=1S/C14H18N2O3S/c1-3-4-5-6-7-16-14(17)12-8-11(2)9-13(10-12)20(15,18)19/h1,8-10H,4-7H2,2H3,(H,16,17)(H2,15,18,19). The summed E-state index contributed by atoms with van der Waals surface area (Å²) >= 11 is 0. The number of hydrogen-bond donors (Lipinski definition) is 2. The Labute approximate surface area is 119 Å². The van der Waals surface area contributed by atoms with Gasteiger partial charge < -0.3 is 5.32 Å². The SMILES string of the molecule is C#CCCCCNC(=O)c1cc(C)cc(S(N)(=O)=O)c1. The van der Waals surface area contributed by atoms with Crippen LogP contribution in [-0.2, 0) is 10.0 Å². The highest BCUT2D eigenvalue weighted by atomic mass is 32.2. The Balaban J connectivity index is 2.74. The molecule has 0 aliphatic heterocycles. The van der Waals surface area contributed by atoms with Crippen molar-refractivity contribution in [3.8, 4) is 12.3 Å². The maximum Gasteiger partial charge on any atom is 0.251 e. The minimum Gasteiger partial charge on any atom is -0.352 e. The number of terminal acetylenes is 1. The first kappa shape index (κ1) is 16.2. The van der Waals surface area contributed by atoms with Crippen LogP contribution in [-0.4, -0.2) is 20.9 Å². The van der Waals surface area contributed by atoms with Crippen molar-refractivity contribution in [1.29, 1.82) is 0 Å². The monoisotopic (exact) mass is 294 g/mol. The molecule has 1 aromatic rings. The summed E-state index contributed by atoms with van der Waals surface area (Å²) in [5.41, 5.74) is 0.944. The Morgan fingerprint density at radius 3 is 2.65 bits per heavy atom. The molecule has 0 saturated carbocycles. The van der Waals surface area contributed by atoms with Gasteiger partial charge in [0.25, 0.3) is 5.91 Å². The molecule has 0 bridgehead atoms. The van der Waals surface area contributed by atoms with Gasteiger partial charge in [0.05, 0.1) is 4.90 Å². The second-order valence-corrected chi connectivity index (χ2v) is 6.06. The van der Waals surface area contributed by atoms with Crippen molar-refractivity contribution in [2.75, 3.05) is 6.54 Å². The zero-order chi connectivity index (χ0) is 15.2. The summed E-state index contributed by atoms with van der Waals surface area (Å²) in [6, 6.07) is 4.32. The summed E-state index contributed by atoms with van der Waals surface area (Å²) in [5.74, 6) is 2.21. The second kappa shape index (κ2) is 7.08. The molecule has 0 aliphatic rings. The number of nitrogens with two attached hydrogens (primary N) is 1. The third kappa shape index (κ3) is 5.03. The molecular formula is C14H18N2O3S. The van der Waals surface area contributed by atoms with Crippen LogP contribution in [0, 0.1) is 19.3 Å². The van der Waals surface area contributed by atoms with E-state index in [1.807, 2.05) is 0 Å². The van der Waals surface area contributed by atoms with E-state index in [2.05, 4.69) is 11.2 Å². The van der Waals surface area contributed by atoms with E-state index in [1.54, 1.807) is 13.0 Å². The van der Waals surface area contributed by atoms with E-state index in [4.69, 9.17) is 11.6 Å². The Morgan fingerprint density at radius 2 is 2.05 bits per heavy atom. The fraction of sp³-hybridized carbons (Fsp3) is 0.357. The Bertz CT molecular complexity index is 630. The first-order valence-electron chi connectivity index (χ1n) is 6.21. The minimum absolute atomic E-state index is 0.0602. The number of rotatable bonds is 6. The summed E-state index contributed by atoms with van der Waals surface area (Å²) in [5, 5.41) is 7.79. The summed E-state index contributed by atoms with van der Waals surface area (Å²) in [6.07, 6.45) is 7.43. The summed E-state index contributed by atoms with van der Waals surface area (Å²) in [6.45, 7) is 2.21. The van der Waals surface area contributed by atoms with E-state index in [9.17, 15) is 13.2 Å². The number of carbonyl (C=O) groups is 1. The number of hydrogen-bond acceptors (Lipinski definition) is 3. The molecule has 108 valence electrons. The number of carbonyl (C=O) groups excluding carboxylic acids is 1. The normalized spacial score (nSPS) is 10.8. The predicted molar refractivity (Wildman–Crippen MR) is 77.6 cm³/mol. The van der Waals surface area contributed by atoms with Crippen LogP contribution in [0.1, 0.15) is 35.2 Å². The third-order valence-corrected chi connectivity index (χ3v) is 3.57. The van der Waals surface area contributed by atoms with Crippen molar-refractivity contribution >= 4 is 15.9 Å². The quantitative estimate of drug-likeness (QED) is 0.610. The first-order valence-corrected chi connectivity index (χ1v) is 7.75. The minimum atomic E-state index is -3.82. The average molecular weight is 294 g/mol. The highest BCUT2D eigenvalue weighted by Crippen LogP contribution is 2.13. The number of amides is 1. The van der Waals surface area contributed by atoms with Gasteiger partial charge >= 0.3 is 0 Å². The van der Waals surface area contributed by atoms with Crippen LogP contribution in [0.2, 0.25) is 0 Å². The van der Waals surface area contributed by atoms with Gasteiger partial charge in [-0.2, -0.15) is 0 Å². The molecule has 0 heterocycles. The third-order valence-electron chi connectivity index (χ3n) is 2.68. The number of benzene rings is 1. The molecule has 0 radical (unpaired) electrons. The molecule has 0 fully saturated rings. The molecule has 0 saturated heterocycles. The zero-order valence-electron chi connectivity index (χ0n) is 11.3. The number of unbranched alkanes of at least 4 members (excludes halogenated alkanes) is 2. The molecule has 0 unspecified atom stereocenters. The van der Waals surface area contributed by atoms with Crippen LogP contribution in [0.25, 0.3) is 0 Å². The smallest absolute Gasteiger partial charge is 0.251 e. The van der Waals surface area contributed by atoms with Gasteiger partial charge in [-0.25, -0.2) is 13.6 Å². The first-order chi connectivity index (χ1) is 9.34. The lowest BCUT2D eigenvalue weighted by molar-refractivity contribution is 0.0952. The van der Waals surface area contributed by atoms with Crippen LogP contribution >= 0.6 is 0 Å². The molecule has 0 atom stereocenters. The molecule has 5 nitrogen and oxygen atoms in total. The maximum absolute atomic E-state index is 11.9. The van der Waals surface area contributed by atoms with Crippen molar-refractivity contribution in [1.82, 2.24) is 5.32 Å². The van der Waals surface area contributed by atoms with E-state index in [-0.39, 0.29) is 16.4 Å². The number of primary sulfonamides is 1. The van der Waals surface area contributed by atoms with Crippen molar-refractivity contribution < 1.29 is 13.2 Å². The molecule has 20 heavy (non-hydrogen) atoms. The predicted octanol–water partition coefficient (Wildman–Crippen LogP) is 1.18. The summed E-state index contributed by atoms with van der Waals surface area (Å²) in [7, 11) is -3.82. The largest absolute Gasteiger partial charge is 0.352 e. The highest BCUT2D eigenvalue weighted by Gasteiger charge is 2.13. The second-order valence-electron chi connectivity index (χ2n) is 4.50. The molecule has 6 heteroatoms. The average Bonchev–Trinajstić information content (AvgIpc) is 2.36. The van der Waals surface area contributed by atoms with Gasteiger partial charge in [-0.15, -0.1) is 12.3 Å². The van der Waals surface area contributed by atoms with Gasteiger partial charge in [0.2, 0.25) is 10.0 Å². The van der Waals surface area contributed by atoms with Crippen LogP contribution in [0.5, 0.6) is 0 Å². The van der Waals surface area contributed by atoms with Gasteiger partial charge in [-0.3, -0.25) is 4.79 Å². The Kier molecular flexibility index (Phi) is 5.74. The van der Waals surface area contributed by atoms with E-state index in [1.165, 1.54) is 12.1 Å². The molecule has 1 aromatic carbocycles. The lowest BCUT2D eigenvalue weighted by atomic mass is 10.1. The molecule has 1 amide bonds. The Morgan fingerprint density at radius 1 is 1.35 bits per heavy atom. The number of aryl methyl sites for hydroxylation is 1. The molecule has 0 aromatic heterocycles. The fourth-order valence-corrected chi connectivity index (χ4v) is 2.34. The fourth-order valence-electron chi connectivity index (χ4n) is 1.70. The van der Waals surface area contributed by atoms with Crippen molar-refractivity contribution in [3.63, 3.8) is 0 Å². The van der Waals surface area contributed by atoms with Gasteiger partial charge in [0.1, 0.15) is 0 Å². The molecule has 3 N–H and O–H groups in total. The molecule has 0 aliphatic carbocycles. The van der Waals surface area contributed by atoms with Crippen molar-refractivity contribution in [2.24, 2.45) is 5.14 Å². The van der Waals surface area contributed by atoms with Crippen LogP contribution < -0.4 is 10.5 Å². The van der Waals surface area contributed by atoms with Crippen LogP contribution in [0.4, 0.5) is 0 Å². The van der Waals surface area contributed by atoms with Crippen LogP contribution in [0.3, 0.4) is 0 Å². The van der Waals surface area contributed by atoms with Crippen molar-refractivity contribution in [3.05, 3.63) is 29.3 Å². The number of nitrogens with one attached hydrogen (secondary N) is 1. The van der Waals surface area contributed by atoms with Crippen molar-refractivity contribution in [2.45, 2.75) is 31.1 Å².